The van der Waals surface area contributed by atoms with Crippen LogP contribution in [0.25, 0.3) is 0 Å². The van der Waals surface area contributed by atoms with Crippen molar-refractivity contribution in [1.29, 1.82) is 0 Å². The van der Waals surface area contributed by atoms with Crippen LogP contribution in [0.3, 0.4) is 0 Å². The minimum atomic E-state index is -0.843. The molecule has 0 saturated carbocycles. The number of hydrogen-bond donors (Lipinski definition) is 0. The lowest BCUT2D eigenvalue weighted by Crippen LogP contribution is -2.43. The second-order valence-corrected chi connectivity index (χ2v) is 6.37. The molecule has 9 heteroatoms. The van der Waals surface area contributed by atoms with Gasteiger partial charge in [0, 0.05) is 24.2 Å². The number of nitro benzene ring substituents is 1. The summed E-state index contributed by atoms with van der Waals surface area (Å²) in [5.74, 6) is -0.929. The molecular weight excluding hydrogens is 380 g/mol. The predicted molar refractivity (Wildman–Crippen MR) is 101 cm³/mol. The maximum atomic E-state index is 12.4. The number of hydrogen-bond acceptors (Lipinski definition) is 7. The average molecular weight is 398 g/mol. The van der Waals surface area contributed by atoms with E-state index in [0.29, 0.717) is 25.1 Å². The number of ether oxygens (including phenoxy) is 2. The van der Waals surface area contributed by atoms with Crippen molar-refractivity contribution in [1.82, 2.24) is 4.90 Å². The Labute approximate surface area is 166 Å². The number of nitrogens with zero attached hydrogens (tertiary/aromatic N) is 2. The van der Waals surface area contributed by atoms with Crippen molar-refractivity contribution in [2.45, 2.75) is 18.9 Å². The Hall–Kier alpha value is -3.75. The third-order valence-corrected chi connectivity index (χ3v) is 4.43. The molecule has 1 fully saturated rings. The molecule has 3 rings (SSSR count). The summed E-state index contributed by atoms with van der Waals surface area (Å²) < 4.78 is 10.3. The predicted octanol–water partition coefficient (Wildman–Crippen LogP) is 2.98. The molecule has 1 amide bonds. The normalized spacial score (nSPS) is 15.6. The number of carbonyl (C=O) groups excluding carboxylic acids is 3. The fourth-order valence-electron chi connectivity index (χ4n) is 2.99. The number of likely N-dealkylation sites (tertiary alicyclic amines) is 1. The number of esters is 1. The van der Waals surface area contributed by atoms with E-state index < -0.39 is 35.4 Å². The highest BCUT2D eigenvalue weighted by molar-refractivity contribution is 5.98. The van der Waals surface area contributed by atoms with Gasteiger partial charge in [-0.15, -0.1) is 0 Å². The molecular formula is C20H18N2O7. The van der Waals surface area contributed by atoms with E-state index in [2.05, 4.69) is 0 Å². The van der Waals surface area contributed by atoms with E-state index in [1.54, 1.807) is 30.3 Å². The van der Waals surface area contributed by atoms with Gasteiger partial charge in [-0.2, -0.15) is 0 Å². The summed E-state index contributed by atoms with van der Waals surface area (Å²) in [6.07, 6.45) is 0.330. The second kappa shape index (κ2) is 8.96. The number of amides is 1. The fourth-order valence-corrected chi connectivity index (χ4v) is 2.99. The molecule has 0 unspecified atom stereocenters. The van der Waals surface area contributed by atoms with Crippen molar-refractivity contribution in [3.05, 3.63) is 70.3 Å². The van der Waals surface area contributed by atoms with Gasteiger partial charge in [0.2, 0.25) is 5.78 Å². The minimum absolute atomic E-state index is 0.0683. The van der Waals surface area contributed by atoms with Crippen LogP contribution in [0.4, 0.5) is 10.5 Å². The van der Waals surface area contributed by atoms with Crippen LogP contribution < -0.4 is 4.74 Å². The van der Waals surface area contributed by atoms with Crippen LogP contribution in [0.15, 0.2) is 54.6 Å². The Morgan fingerprint density at radius 3 is 2.59 bits per heavy atom. The van der Waals surface area contributed by atoms with Crippen LogP contribution in [0, 0.1) is 10.1 Å². The van der Waals surface area contributed by atoms with Gasteiger partial charge in [0.25, 0.3) is 5.69 Å². The van der Waals surface area contributed by atoms with Gasteiger partial charge in [-0.25, -0.2) is 9.59 Å². The van der Waals surface area contributed by atoms with E-state index in [1.165, 1.54) is 23.1 Å². The molecule has 1 heterocycles. The minimum Gasteiger partial charge on any atom is -0.456 e. The molecule has 0 N–H and O–H groups in total. The lowest BCUT2D eigenvalue weighted by molar-refractivity contribution is -0.384. The summed E-state index contributed by atoms with van der Waals surface area (Å²) >= 11 is 0. The van der Waals surface area contributed by atoms with Gasteiger partial charge in [-0.3, -0.25) is 19.8 Å². The zero-order chi connectivity index (χ0) is 20.8. The second-order valence-electron chi connectivity index (χ2n) is 6.37. The molecule has 1 saturated heterocycles. The molecule has 29 heavy (non-hydrogen) atoms. The van der Waals surface area contributed by atoms with Gasteiger partial charge >= 0.3 is 12.1 Å². The maximum Gasteiger partial charge on any atom is 0.415 e. The molecule has 1 aliphatic rings. The van der Waals surface area contributed by atoms with Crippen molar-refractivity contribution < 1.29 is 28.8 Å². The SMILES string of the molecule is O=C(COC(=O)[C@H]1CCCN1C(=O)Oc1ccccc1)c1cccc([N+](=O)[O-])c1. The monoisotopic (exact) mass is 398 g/mol. The summed E-state index contributed by atoms with van der Waals surface area (Å²) in [5, 5.41) is 10.8. The Bertz CT molecular complexity index is 929. The van der Waals surface area contributed by atoms with Crippen LogP contribution in [-0.2, 0) is 9.53 Å². The first kappa shape index (κ1) is 20.0. The number of non-ortho nitro benzene ring substituents is 1. The van der Waals surface area contributed by atoms with Crippen molar-refractivity contribution in [3.8, 4) is 5.75 Å². The fraction of sp³-hybridized carbons (Fsp3) is 0.250. The van der Waals surface area contributed by atoms with Crippen LogP contribution in [0.1, 0.15) is 23.2 Å². The first-order chi connectivity index (χ1) is 14.0. The Morgan fingerprint density at radius 1 is 1.10 bits per heavy atom. The topological polar surface area (TPSA) is 116 Å². The van der Waals surface area contributed by atoms with Crippen LogP contribution >= 0.6 is 0 Å². The number of Topliss-reactive ketones (excluding diaryl/α,β-unsaturated/α-hetero) is 1. The number of para-hydroxylation sites is 1. The van der Waals surface area contributed by atoms with Gasteiger partial charge in [-0.1, -0.05) is 30.3 Å². The third-order valence-electron chi connectivity index (χ3n) is 4.43. The average Bonchev–Trinajstić information content (AvgIpc) is 3.23. The van der Waals surface area contributed by atoms with Crippen molar-refractivity contribution in [3.63, 3.8) is 0 Å². The van der Waals surface area contributed by atoms with Gasteiger partial charge in [-0.05, 0) is 25.0 Å². The quantitative estimate of drug-likeness (QED) is 0.318. The van der Waals surface area contributed by atoms with Crippen LogP contribution in [-0.4, -0.2) is 46.9 Å². The molecule has 1 aliphatic heterocycles. The smallest absolute Gasteiger partial charge is 0.415 e. The molecule has 1 atom stereocenters. The summed E-state index contributed by atoms with van der Waals surface area (Å²) in [5.41, 5.74) is -0.161. The zero-order valence-electron chi connectivity index (χ0n) is 15.4. The van der Waals surface area contributed by atoms with E-state index in [0.717, 1.165) is 6.07 Å². The van der Waals surface area contributed by atoms with Gasteiger partial charge < -0.3 is 9.47 Å². The number of nitro groups is 1. The standard InChI is InChI=1S/C20H18N2O7/c23-18(14-6-4-7-15(12-14)22(26)27)13-28-19(24)17-10-5-11-21(17)20(25)29-16-8-2-1-3-9-16/h1-4,6-9,12,17H,5,10-11,13H2/t17-/m1/s1. The van der Waals surface area contributed by atoms with E-state index in [9.17, 15) is 24.5 Å². The highest BCUT2D eigenvalue weighted by Crippen LogP contribution is 2.21. The van der Waals surface area contributed by atoms with E-state index >= 15 is 0 Å². The number of carbonyl (C=O) groups is 3. The summed E-state index contributed by atoms with van der Waals surface area (Å²) in [4.78, 5) is 48.4. The van der Waals surface area contributed by atoms with Crippen molar-refractivity contribution >= 4 is 23.5 Å². The molecule has 0 aliphatic carbocycles. The molecule has 0 bridgehead atoms. The molecule has 0 aromatic heterocycles. The summed E-state index contributed by atoms with van der Waals surface area (Å²) in [6, 6.07) is 12.8. The van der Waals surface area contributed by atoms with Gasteiger partial charge in [0.1, 0.15) is 11.8 Å². The molecule has 2 aromatic carbocycles. The van der Waals surface area contributed by atoms with Gasteiger partial charge in [0.15, 0.2) is 6.61 Å². The van der Waals surface area contributed by atoms with Crippen LogP contribution in [0.2, 0.25) is 0 Å². The van der Waals surface area contributed by atoms with Crippen molar-refractivity contribution in [2.75, 3.05) is 13.2 Å². The maximum absolute atomic E-state index is 12.4. The highest BCUT2D eigenvalue weighted by Gasteiger charge is 2.36. The van der Waals surface area contributed by atoms with E-state index in [-0.39, 0.29) is 11.3 Å². The van der Waals surface area contributed by atoms with Gasteiger partial charge in [0.05, 0.1) is 4.92 Å². The molecule has 2 aromatic rings. The lowest BCUT2D eigenvalue weighted by atomic mass is 10.1. The summed E-state index contributed by atoms with van der Waals surface area (Å²) in [7, 11) is 0. The number of benzene rings is 2. The van der Waals surface area contributed by atoms with Crippen LogP contribution in [0.5, 0.6) is 5.75 Å². The molecule has 0 radical (unpaired) electrons. The molecule has 150 valence electrons. The Morgan fingerprint density at radius 2 is 1.86 bits per heavy atom. The Kier molecular flexibility index (Phi) is 6.18. The number of ketones is 1. The third kappa shape index (κ3) is 4.95. The highest BCUT2D eigenvalue weighted by atomic mass is 16.6. The first-order valence-electron chi connectivity index (χ1n) is 8.93. The summed E-state index contributed by atoms with van der Waals surface area (Å²) in [6.45, 7) is -0.234. The zero-order valence-corrected chi connectivity index (χ0v) is 15.4. The first-order valence-corrected chi connectivity index (χ1v) is 8.93. The van der Waals surface area contributed by atoms with Crippen molar-refractivity contribution in [2.24, 2.45) is 0 Å². The lowest BCUT2D eigenvalue weighted by Gasteiger charge is -2.22. The largest absolute Gasteiger partial charge is 0.456 e. The van der Waals surface area contributed by atoms with E-state index in [1.807, 2.05) is 0 Å². The molecule has 0 spiro atoms. The van der Waals surface area contributed by atoms with E-state index in [4.69, 9.17) is 9.47 Å². The molecule has 9 nitrogen and oxygen atoms in total. The number of rotatable bonds is 6. The Balaban J connectivity index is 1.58.